The first-order chi connectivity index (χ1) is 12.5. The molecular weight excluding hydrogens is 354 g/mol. The number of nitrogens with one attached hydrogen (secondary N) is 1. The van der Waals surface area contributed by atoms with Crippen LogP contribution in [0.4, 0.5) is 0 Å². The molecule has 0 aliphatic carbocycles. The van der Waals surface area contributed by atoms with Crippen LogP contribution in [-0.2, 0) is 6.42 Å². The molecule has 142 valence electrons. The summed E-state index contributed by atoms with van der Waals surface area (Å²) >= 11 is 5.86. The third kappa shape index (κ3) is 6.22. The van der Waals surface area contributed by atoms with Crippen molar-refractivity contribution in [2.24, 2.45) is 4.99 Å². The van der Waals surface area contributed by atoms with Crippen LogP contribution in [0.1, 0.15) is 31.5 Å². The molecule has 0 aliphatic heterocycles. The Kier molecular flexibility index (Phi) is 7.72. The summed E-state index contributed by atoms with van der Waals surface area (Å²) in [6.07, 6.45) is 0.647. The second kappa shape index (κ2) is 10.0. The maximum atomic E-state index is 5.86. The highest BCUT2D eigenvalue weighted by Gasteiger charge is 2.10. The van der Waals surface area contributed by atoms with Crippen molar-refractivity contribution in [2.45, 2.75) is 26.2 Å². The minimum Gasteiger partial charge on any atom is -0.492 e. The fourth-order valence-corrected chi connectivity index (χ4v) is 2.33. The Labute approximate surface area is 159 Å². The van der Waals surface area contributed by atoms with Crippen LogP contribution in [-0.4, -0.2) is 54.8 Å². The van der Waals surface area contributed by atoms with Gasteiger partial charge in [0, 0.05) is 38.0 Å². The second-order valence-electron chi connectivity index (χ2n) is 6.15. The molecule has 0 fully saturated rings. The van der Waals surface area contributed by atoms with E-state index in [1.54, 1.807) is 7.05 Å². The second-order valence-corrected chi connectivity index (χ2v) is 6.59. The van der Waals surface area contributed by atoms with E-state index in [4.69, 9.17) is 20.9 Å². The van der Waals surface area contributed by atoms with Gasteiger partial charge in [-0.1, -0.05) is 30.6 Å². The number of aromatic nitrogens is 2. The van der Waals surface area contributed by atoms with Crippen molar-refractivity contribution in [3.05, 3.63) is 41.0 Å². The van der Waals surface area contributed by atoms with Gasteiger partial charge in [-0.3, -0.25) is 4.99 Å². The van der Waals surface area contributed by atoms with Gasteiger partial charge in [0.1, 0.15) is 12.4 Å². The van der Waals surface area contributed by atoms with Crippen LogP contribution < -0.4 is 10.1 Å². The minimum absolute atomic E-state index is 0.264. The highest BCUT2D eigenvalue weighted by Crippen LogP contribution is 2.15. The Morgan fingerprint density at radius 3 is 2.69 bits per heavy atom. The van der Waals surface area contributed by atoms with E-state index >= 15 is 0 Å². The lowest BCUT2D eigenvalue weighted by atomic mass is 10.2. The molecule has 0 atom stereocenters. The van der Waals surface area contributed by atoms with Crippen molar-refractivity contribution < 1.29 is 9.26 Å². The van der Waals surface area contributed by atoms with Gasteiger partial charge in [-0.25, -0.2) is 0 Å². The monoisotopic (exact) mass is 379 g/mol. The van der Waals surface area contributed by atoms with E-state index in [0.29, 0.717) is 37.0 Å². The lowest BCUT2D eigenvalue weighted by Crippen LogP contribution is -2.41. The number of ether oxygens (including phenoxy) is 1. The molecule has 1 aromatic heterocycles. The van der Waals surface area contributed by atoms with Crippen LogP contribution in [0.3, 0.4) is 0 Å². The SMILES string of the molecule is CN=C(NCCc1nc(C(C)C)no1)N(C)CCOc1ccc(Cl)cc1. The largest absolute Gasteiger partial charge is 0.492 e. The standard InChI is InChI=1S/C18H26ClN5O2/c1-13(2)17-22-16(26-23-17)9-10-21-18(20-3)24(4)11-12-25-15-7-5-14(19)6-8-15/h5-8,13H,9-12H2,1-4H3,(H,20,21). The van der Waals surface area contributed by atoms with Gasteiger partial charge in [0.15, 0.2) is 11.8 Å². The summed E-state index contributed by atoms with van der Waals surface area (Å²) in [7, 11) is 3.71. The summed E-state index contributed by atoms with van der Waals surface area (Å²) in [5, 5.41) is 7.95. The smallest absolute Gasteiger partial charge is 0.228 e. The molecule has 2 aromatic rings. The summed E-state index contributed by atoms with van der Waals surface area (Å²) in [5.41, 5.74) is 0. The fourth-order valence-electron chi connectivity index (χ4n) is 2.21. The molecule has 1 N–H and O–H groups in total. The number of benzene rings is 1. The molecule has 0 aliphatic rings. The Morgan fingerprint density at radius 2 is 2.08 bits per heavy atom. The van der Waals surface area contributed by atoms with Gasteiger partial charge in [0.05, 0.1) is 6.54 Å². The minimum atomic E-state index is 0.264. The predicted octanol–water partition coefficient (Wildman–Crippen LogP) is 2.98. The third-order valence-corrected chi connectivity index (χ3v) is 3.96. The van der Waals surface area contributed by atoms with Gasteiger partial charge in [0.2, 0.25) is 5.89 Å². The summed E-state index contributed by atoms with van der Waals surface area (Å²) in [4.78, 5) is 10.7. The van der Waals surface area contributed by atoms with E-state index < -0.39 is 0 Å². The molecule has 0 saturated heterocycles. The van der Waals surface area contributed by atoms with Crippen LogP contribution in [0.25, 0.3) is 0 Å². The van der Waals surface area contributed by atoms with E-state index in [1.807, 2.05) is 50.1 Å². The topological polar surface area (TPSA) is 75.8 Å². The van der Waals surface area contributed by atoms with E-state index in [2.05, 4.69) is 20.4 Å². The van der Waals surface area contributed by atoms with Crippen molar-refractivity contribution in [3.8, 4) is 5.75 Å². The van der Waals surface area contributed by atoms with Gasteiger partial charge in [-0.2, -0.15) is 4.98 Å². The highest BCUT2D eigenvalue weighted by atomic mass is 35.5. The van der Waals surface area contributed by atoms with Gasteiger partial charge >= 0.3 is 0 Å². The fraction of sp³-hybridized carbons (Fsp3) is 0.500. The molecule has 1 heterocycles. The Bertz CT molecular complexity index is 700. The summed E-state index contributed by atoms with van der Waals surface area (Å²) in [6, 6.07) is 7.32. The molecule has 0 spiro atoms. The molecule has 8 heteroatoms. The van der Waals surface area contributed by atoms with Crippen LogP contribution in [0, 0.1) is 0 Å². The number of guanidine groups is 1. The Morgan fingerprint density at radius 1 is 1.35 bits per heavy atom. The van der Waals surface area contributed by atoms with Crippen LogP contribution in [0.5, 0.6) is 5.75 Å². The average molecular weight is 380 g/mol. The van der Waals surface area contributed by atoms with Crippen molar-refractivity contribution in [1.29, 1.82) is 0 Å². The summed E-state index contributed by atoms with van der Waals surface area (Å²) in [5.74, 6) is 3.21. The molecule has 0 bridgehead atoms. The number of rotatable bonds is 8. The molecule has 26 heavy (non-hydrogen) atoms. The maximum absolute atomic E-state index is 5.86. The summed E-state index contributed by atoms with van der Waals surface area (Å²) in [6.45, 7) is 5.97. The number of likely N-dealkylation sites (N-methyl/N-ethyl adjacent to an activating group) is 1. The number of hydrogen-bond acceptors (Lipinski definition) is 5. The van der Waals surface area contributed by atoms with Crippen LogP contribution >= 0.6 is 11.6 Å². The van der Waals surface area contributed by atoms with Crippen molar-refractivity contribution in [3.63, 3.8) is 0 Å². The number of halogens is 1. The van der Waals surface area contributed by atoms with Gasteiger partial charge in [0.25, 0.3) is 0 Å². The first kappa shape index (κ1) is 20.0. The quantitative estimate of drug-likeness (QED) is 0.561. The number of aliphatic imine (C=N–C) groups is 1. The molecule has 0 radical (unpaired) electrons. The predicted molar refractivity (Wildman–Crippen MR) is 103 cm³/mol. The number of nitrogens with zero attached hydrogens (tertiary/aromatic N) is 4. The highest BCUT2D eigenvalue weighted by molar-refractivity contribution is 6.30. The molecular formula is C18H26ClN5O2. The lowest BCUT2D eigenvalue weighted by molar-refractivity contribution is 0.281. The van der Waals surface area contributed by atoms with E-state index in [9.17, 15) is 0 Å². The molecule has 7 nitrogen and oxygen atoms in total. The molecule has 1 aromatic carbocycles. The molecule has 0 saturated carbocycles. The molecule has 0 unspecified atom stereocenters. The van der Waals surface area contributed by atoms with Crippen molar-refractivity contribution >= 4 is 17.6 Å². The van der Waals surface area contributed by atoms with E-state index in [0.717, 1.165) is 17.5 Å². The first-order valence-corrected chi connectivity index (χ1v) is 9.00. The zero-order valence-corrected chi connectivity index (χ0v) is 16.5. The number of hydrogen-bond donors (Lipinski definition) is 1. The van der Waals surface area contributed by atoms with Gasteiger partial charge in [-0.05, 0) is 24.3 Å². The normalized spacial score (nSPS) is 11.7. The summed E-state index contributed by atoms with van der Waals surface area (Å²) < 4.78 is 10.9. The van der Waals surface area contributed by atoms with Crippen molar-refractivity contribution in [2.75, 3.05) is 33.8 Å². The Hall–Kier alpha value is -2.28. The van der Waals surface area contributed by atoms with Crippen LogP contribution in [0.15, 0.2) is 33.8 Å². The zero-order valence-electron chi connectivity index (χ0n) is 15.7. The molecule has 0 amide bonds. The van der Waals surface area contributed by atoms with Gasteiger partial charge in [-0.15, -0.1) is 0 Å². The van der Waals surface area contributed by atoms with Gasteiger partial charge < -0.3 is 19.5 Å². The molecule has 2 rings (SSSR count). The van der Waals surface area contributed by atoms with Crippen molar-refractivity contribution in [1.82, 2.24) is 20.4 Å². The van der Waals surface area contributed by atoms with E-state index in [-0.39, 0.29) is 5.92 Å². The average Bonchev–Trinajstić information content (AvgIpc) is 3.09. The third-order valence-electron chi connectivity index (χ3n) is 3.70. The van der Waals surface area contributed by atoms with Crippen LogP contribution in [0.2, 0.25) is 5.02 Å². The Balaban J connectivity index is 1.71. The first-order valence-electron chi connectivity index (χ1n) is 8.62. The maximum Gasteiger partial charge on any atom is 0.228 e. The lowest BCUT2D eigenvalue weighted by Gasteiger charge is -2.21. The zero-order chi connectivity index (χ0) is 18.9. The van der Waals surface area contributed by atoms with E-state index in [1.165, 1.54) is 0 Å².